The molecule has 1 aromatic rings. The van der Waals surface area contributed by atoms with Gasteiger partial charge in [0, 0.05) is 11.7 Å². The zero-order chi connectivity index (χ0) is 12.3. The highest BCUT2D eigenvalue weighted by molar-refractivity contribution is 5.78. The highest BCUT2D eigenvalue weighted by atomic mass is 16.1. The normalized spacial score (nSPS) is 23.6. The molecule has 1 saturated carbocycles. The molecule has 1 fully saturated rings. The molecule has 0 bridgehead atoms. The second kappa shape index (κ2) is 5.21. The largest absolute Gasteiger partial charge is 0.382 e. The molecule has 0 spiro atoms. The lowest BCUT2D eigenvalue weighted by Gasteiger charge is -2.16. The van der Waals surface area contributed by atoms with Crippen LogP contribution in [0.3, 0.4) is 0 Å². The average Bonchev–Trinajstić information content (AvgIpc) is 2.66. The fraction of sp³-hybridized carbons (Fsp3) is 0.500. The lowest BCUT2D eigenvalue weighted by molar-refractivity contribution is -0.117. The van der Waals surface area contributed by atoms with Crippen LogP contribution < -0.4 is 11.1 Å². The smallest absolute Gasteiger partial charge is 0.221 e. The SMILES string of the molecule is CC1CCC(Nc2ccccc2CC(N)=O)C1. The number of carbonyl (C=O) groups is 1. The van der Waals surface area contributed by atoms with Crippen molar-refractivity contribution in [1.29, 1.82) is 0 Å². The third kappa shape index (κ3) is 3.22. The van der Waals surface area contributed by atoms with Crippen LogP contribution >= 0.6 is 0 Å². The van der Waals surface area contributed by atoms with Gasteiger partial charge in [-0.1, -0.05) is 25.1 Å². The summed E-state index contributed by atoms with van der Waals surface area (Å²) in [5.74, 6) is 0.523. The molecule has 17 heavy (non-hydrogen) atoms. The van der Waals surface area contributed by atoms with Crippen LogP contribution in [-0.2, 0) is 11.2 Å². The van der Waals surface area contributed by atoms with Gasteiger partial charge in [0.25, 0.3) is 0 Å². The quantitative estimate of drug-likeness (QED) is 0.837. The first kappa shape index (κ1) is 12.0. The zero-order valence-electron chi connectivity index (χ0n) is 10.3. The molecule has 92 valence electrons. The minimum atomic E-state index is -0.279. The van der Waals surface area contributed by atoms with Gasteiger partial charge in [0.1, 0.15) is 0 Å². The Kier molecular flexibility index (Phi) is 3.67. The molecule has 1 aromatic carbocycles. The Labute approximate surface area is 102 Å². The maximum Gasteiger partial charge on any atom is 0.221 e. The van der Waals surface area contributed by atoms with Crippen LogP contribution in [0.2, 0.25) is 0 Å². The van der Waals surface area contributed by atoms with E-state index >= 15 is 0 Å². The number of para-hydroxylation sites is 1. The molecular weight excluding hydrogens is 212 g/mol. The molecule has 0 saturated heterocycles. The van der Waals surface area contributed by atoms with E-state index in [4.69, 9.17) is 5.73 Å². The van der Waals surface area contributed by atoms with Crippen LogP contribution in [0.15, 0.2) is 24.3 Å². The predicted octanol–water partition coefficient (Wildman–Crippen LogP) is 2.31. The van der Waals surface area contributed by atoms with Crippen molar-refractivity contribution in [3.05, 3.63) is 29.8 Å². The fourth-order valence-corrected chi connectivity index (χ4v) is 2.56. The van der Waals surface area contributed by atoms with E-state index in [-0.39, 0.29) is 5.91 Å². The molecule has 2 unspecified atom stereocenters. The number of primary amides is 1. The van der Waals surface area contributed by atoms with Gasteiger partial charge in [-0.05, 0) is 36.8 Å². The topological polar surface area (TPSA) is 55.1 Å². The monoisotopic (exact) mass is 232 g/mol. The van der Waals surface area contributed by atoms with Crippen molar-refractivity contribution in [2.24, 2.45) is 11.7 Å². The van der Waals surface area contributed by atoms with Crippen molar-refractivity contribution >= 4 is 11.6 Å². The van der Waals surface area contributed by atoms with Gasteiger partial charge in [0.15, 0.2) is 0 Å². The van der Waals surface area contributed by atoms with E-state index in [1.54, 1.807) is 0 Å². The van der Waals surface area contributed by atoms with Crippen LogP contribution in [0.5, 0.6) is 0 Å². The minimum Gasteiger partial charge on any atom is -0.382 e. The van der Waals surface area contributed by atoms with Crippen LogP contribution in [0.4, 0.5) is 5.69 Å². The Morgan fingerprint density at radius 1 is 1.41 bits per heavy atom. The number of hydrogen-bond acceptors (Lipinski definition) is 2. The molecule has 2 atom stereocenters. The van der Waals surface area contributed by atoms with Gasteiger partial charge in [0.2, 0.25) is 5.91 Å². The summed E-state index contributed by atoms with van der Waals surface area (Å²) in [7, 11) is 0. The maximum atomic E-state index is 11.0. The van der Waals surface area contributed by atoms with E-state index in [2.05, 4.69) is 12.2 Å². The summed E-state index contributed by atoms with van der Waals surface area (Å²) in [4.78, 5) is 11.0. The Balaban J connectivity index is 2.06. The van der Waals surface area contributed by atoms with Gasteiger partial charge in [0.05, 0.1) is 6.42 Å². The van der Waals surface area contributed by atoms with Crippen molar-refractivity contribution in [2.75, 3.05) is 5.32 Å². The van der Waals surface area contributed by atoms with E-state index in [1.807, 2.05) is 24.3 Å². The first-order valence-corrected chi connectivity index (χ1v) is 6.28. The third-order valence-corrected chi connectivity index (χ3v) is 3.44. The number of nitrogens with two attached hydrogens (primary N) is 1. The average molecular weight is 232 g/mol. The highest BCUT2D eigenvalue weighted by Crippen LogP contribution is 2.28. The van der Waals surface area contributed by atoms with Gasteiger partial charge in [-0.3, -0.25) is 4.79 Å². The summed E-state index contributed by atoms with van der Waals surface area (Å²) < 4.78 is 0. The summed E-state index contributed by atoms with van der Waals surface area (Å²) in [5.41, 5.74) is 7.32. The second-order valence-electron chi connectivity index (χ2n) is 5.06. The standard InChI is InChI=1S/C14H20N2O/c1-10-6-7-12(8-10)16-13-5-3-2-4-11(13)9-14(15)17/h2-5,10,12,16H,6-9H2,1H3,(H2,15,17). The number of anilines is 1. The van der Waals surface area contributed by atoms with Crippen LogP contribution in [0.25, 0.3) is 0 Å². The van der Waals surface area contributed by atoms with Crippen molar-refractivity contribution in [3.8, 4) is 0 Å². The Morgan fingerprint density at radius 3 is 2.82 bits per heavy atom. The van der Waals surface area contributed by atoms with Crippen LogP contribution in [-0.4, -0.2) is 11.9 Å². The molecule has 1 aliphatic carbocycles. The summed E-state index contributed by atoms with van der Waals surface area (Å²) in [6.07, 6.45) is 4.03. The van der Waals surface area contributed by atoms with E-state index in [1.165, 1.54) is 19.3 Å². The molecule has 1 aliphatic rings. The third-order valence-electron chi connectivity index (χ3n) is 3.44. The second-order valence-corrected chi connectivity index (χ2v) is 5.06. The van der Waals surface area contributed by atoms with Gasteiger partial charge in [-0.15, -0.1) is 0 Å². The number of carbonyl (C=O) groups excluding carboxylic acids is 1. The molecular formula is C14H20N2O. The molecule has 3 nitrogen and oxygen atoms in total. The lowest BCUT2D eigenvalue weighted by atomic mass is 10.1. The van der Waals surface area contributed by atoms with E-state index in [0.717, 1.165) is 17.2 Å². The predicted molar refractivity (Wildman–Crippen MR) is 69.8 cm³/mol. The zero-order valence-corrected chi connectivity index (χ0v) is 10.3. The Hall–Kier alpha value is -1.51. The fourth-order valence-electron chi connectivity index (χ4n) is 2.56. The minimum absolute atomic E-state index is 0.279. The van der Waals surface area contributed by atoms with Gasteiger partial charge in [-0.2, -0.15) is 0 Å². The molecule has 0 radical (unpaired) electrons. The number of benzene rings is 1. The maximum absolute atomic E-state index is 11.0. The number of amides is 1. The van der Waals surface area contributed by atoms with Crippen molar-refractivity contribution in [3.63, 3.8) is 0 Å². The Morgan fingerprint density at radius 2 is 2.18 bits per heavy atom. The first-order valence-electron chi connectivity index (χ1n) is 6.28. The summed E-state index contributed by atoms with van der Waals surface area (Å²) in [5, 5.41) is 3.54. The number of hydrogen-bond donors (Lipinski definition) is 2. The summed E-state index contributed by atoms with van der Waals surface area (Å²) in [6.45, 7) is 2.29. The number of nitrogens with one attached hydrogen (secondary N) is 1. The van der Waals surface area contributed by atoms with Gasteiger partial charge >= 0.3 is 0 Å². The molecule has 0 heterocycles. The van der Waals surface area contributed by atoms with Crippen molar-refractivity contribution in [1.82, 2.24) is 0 Å². The molecule has 2 rings (SSSR count). The highest BCUT2D eigenvalue weighted by Gasteiger charge is 2.21. The molecule has 0 aromatic heterocycles. The molecule has 3 heteroatoms. The molecule has 3 N–H and O–H groups in total. The van der Waals surface area contributed by atoms with Crippen LogP contribution in [0.1, 0.15) is 31.7 Å². The van der Waals surface area contributed by atoms with Gasteiger partial charge in [-0.25, -0.2) is 0 Å². The van der Waals surface area contributed by atoms with Crippen molar-refractivity contribution < 1.29 is 4.79 Å². The number of rotatable bonds is 4. The lowest BCUT2D eigenvalue weighted by Crippen LogP contribution is -2.19. The van der Waals surface area contributed by atoms with E-state index < -0.39 is 0 Å². The van der Waals surface area contributed by atoms with E-state index in [0.29, 0.717) is 12.5 Å². The van der Waals surface area contributed by atoms with Crippen molar-refractivity contribution in [2.45, 2.75) is 38.6 Å². The first-order chi connectivity index (χ1) is 8.15. The van der Waals surface area contributed by atoms with Crippen LogP contribution in [0, 0.1) is 5.92 Å². The van der Waals surface area contributed by atoms with Gasteiger partial charge < -0.3 is 11.1 Å². The molecule has 0 aliphatic heterocycles. The molecule has 1 amide bonds. The van der Waals surface area contributed by atoms with E-state index in [9.17, 15) is 4.79 Å². The Bertz CT molecular complexity index is 403. The summed E-state index contributed by atoms with van der Waals surface area (Å²) in [6, 6.07) is 8.47. The summed E-state index contributed by atoms with van der Waals surface area (Å²) >= 11 is 0.